The van der Waals surface area contributed by atoms with E-state index in [0.29, 0.717) is 12.2 Å². The van der Waals surface area contributed by atoms with Crippen molar-refractivity contribution in [1.82, 2.24) is 0 Å². The Kier molecular flexibility index (Phi) is 3.13. The quantitative estimate of drug-likeness (QED) is 0.826. The zero-order valence-corrected chi connectivity index (χ0v) is 10.6. The highest BCUT2D eigenvalue weighted by Gasteiger charge is 2.51. The number of ketones is 1. The van der Waals surface area contributed by atoms with Crippen molar-refractivity contribution in [3.63, 3.8) is 0 Å². The van der Waals surface area contributed by atoms with Crippen LogP contribution in [0.4, 0.5) is 4.39 Å². The summed E-state index contributed by atoms with van der Waals surface area (Å²) in [5, 5.41) is 0.239. The van der Waals surface area contributed by atoms with Crippen LogP contribution in [0.3, 0.4) is 0 Å². The first-order valence-corrected chi connectivity index (χ1v) is 6.00. The normalized spacial score (nSPS) is 27.8. The molecule has 0 amide bonds. The summed E-state index contributed by atoms with van der Waals surface area (Å²) in [7, 11) is 0. The number of benzene rings is 1. The van der Waals surface area contributed by atoms with Gasteiger partial charge >= 0.3 is 0 Å². The van der Waals surface area contributed by atoms with Crippen molar-refractivity contribution in [2.75, 3.05) is 0 Å². The molecule has 92 valence electrons. The molecule has 4 heteroatoms. The highest BCUT2D eigenvalue weighted by atomic mass is 35.5. The topological polar surface area (TPSA) is 26.3 Å². The lowest BCUT2D eigenvalue weighted by molar-refractivity contribution is -0.150. The maximum absolute atomic E-state index is 12.9. The van der Waals surface area contributed by atoms with Crippen LogP contribution in [-0.2, 0) is 4.79 Å². The van der Waals surface area contributed by atoms with Crippen molar-refractivity contribution in [1.29, 1.82) is 0 Å². The van der Waals surface area contributed by atoms with Crippen LogP contribution >= 0.6 is 11.6 Å². The third-order valence-electron chi connectivity index (χ3n) is 3.62. The molecule has 2 atom stereocenters. The van der Waals surface area contributed by atoms with Crippen molar-refractivity contribution < 1.29 is 13.9 Å². The molecule has 2 rings (SSSR count). The minimum Gasteiger partial charge on any atom is -0.487 e. The summed E-state index contributed by atoms with van der Waals surface area (Å²) in [5.74, 6) is 0.249. The summed E-state index contributed by atoms with van der Waals surface area (Å²) >= 11 is 5.88. The molecule has 1 aromatic rings. The van der Waals surface area contributed by atoms with Crippen molar-refractivity contribution >= 4 is 17.4 Å². The zero-order valence-electron chi connectivity index (χ0n) is 9.80. The third kappa shape index (κ3) is 2.04. The van der Waals surface area contributed by atoms with Gasteiger partial charge in [0.1, 0.15) is 23.5 Å². The maximum Gasteiger partial charge on any atom is 0.146 e. The van der Waals surface area contributed by atoms with E-state index in [1.807, 2.05) is 13.8 Å². The number of halogens is 2. The lowest BCUT2D eigenvalue weighted by Gasteiger charge is -2.44. The molecule has 2 nitrogen and oxygen atoms in total. The Morgan fingerprint density at radius 2 is 2.29 bits per heavy atom. The van der Waals surface area contributed by atoms with Crippen LogP contribution in [0.1, 0.15) is 26.7 Å². The molecule has 1 aliphatic rings. The van der Waals surface area contributed by atoms with Crippen molar-refractivity contribution in [2.45, 2.75) is 32.8 Å². The molecular formula is C13H14ClFO2. The second-order valence-corrected chi connectivity index (χ2v) is 4.99. The van der Waals surface area contributed by atoms with Crippen LogP contribution in [0.15, 0.2) is 18.2 Å². The van der Waals surface area contributed by atoms with Crippen LogP contribution in [0.2, 0.25) is 5.02 Å². The van der Waals surface area contributed by atoms with Gasteiger partial charge in [0.05, 0.1) is 10.4 Å². The SMILES string of the molecule is CCC1(C)C(=O)CC1Oc1ccc(F)cc1Cl. The van der Waals surface area contributed by atoms with Gasteiger partial charge in [-0.05, 0) is 31.5 Å². The molecule has 0 radical (unpaired) electrons. The van der Waals surface area contributed by atoms with E-state index in [1.165, 1.54) is 18.2 Å². The Hall–Kier alpha value is -1.09. The van der Waals surface area contributed by atoms with Gasteiger partial charge in [-0.15, -0.1) is 0 Å². The molecular weight excluding hydrogens is 243 g/mol. The first-order chi connectivity index (χ1) is 7.97. The second-order valence-electron chi connectivity index (χ2n) is 4.58. The summed E-state index contributed by atoms with van der Waals surface area (Å²) in [6.07, 6.45) is 0.968. The fourth-order valence-corrected chi connectivity index (χ4v) is 2.21. The fourth-order valence-electron chi connectivity index (χ4n) is 2.00. The second kappa shape index (κ2) is 4.30. The predicted molar refractivity (Wildman–Crippen MR) is 63.8 cm³/mol. The lowest BCUT2D eigenvalue weighted by atomic mass is 9.64. The summed E-state index contributed by atoms with van der Waals surface area (Å²) in [6.45, 7) is 3.85. The van der Waals surface area contributed by atoms with Crippen molar-refractivity contribution in [3.8, 4) is 5.75 Å². The standard InChI is InChI=1S/C13H14ClFO2/c1-3-13(2)11(16)7-12(13)17-10-5-4-8(15)6-9(10)14/h4-6,12H,3,7H2,1-2H3. The van der Waals surface area contributed by atoms with E-state index in [2.05, 4.69) is 0 Å². The van der Waals surface area contributed by atoms with E-state index in [1.54, 1.807) is 0 Å². The van der Waals surface area contributed by atoms with Crippen LogP contribution in [0.25, 0.3) is 0 Å². The Balaban J connectivity index is 2.15. The Morgan fingerprint density at radius 1 is 1.59 bits per heavy atom. The monoisotopic (exact) mass is 256 g/mol. The van der Waals surface area contributed by atoms with Gasteiger partial charge in [0.2, 0.25) is 0 Å². The molecule has 1 saturated carbocycles. The van der Waals surface area contributed by atoms with Gasteiger partial charge in [0.25, 0.3) is 0 Å². The average molecular weight is 257 g/mol. The number of hydrogen-bond donors (Lipinski definition) is 0. The number of Topliss-reactive ketones (excluding diaryl/α,β-unsaturated/α-hetero) is 1. The number of hydrogen-bond acceptors (Lipinski definition) is 2. The van der Waals surface area contributed by atoms with E-state index in [9.17, 15) is 9.18 Å². The molecule has 0 aromatic heterocycles. The Bertz CT molecular complexity index is 461. The van der Waals surface area contributed by atoms with Crippen LogP contribution in [0.5, 0.6) is 5.75 Å². The predicted octanol–water partition coefficient (Wildman–Crippen LogP) is 3.62. The average Bonchev–Trinajstić information content (AvgIpc) is 2.30. The molecule has 2 unspecified atom stereocenters. The molecule has 1 fully saturated rings. The molecule has 0 aliphatic heterocycles. The Labute approximate surface area is 105 Å². The van der Waals surface area contributed by atoms with E-state index in [0.717, 1.165) is 6.42 Å². The van der Waals surface area contributed by atoms with Crippen molar-refractivity contribution in [2.24, 2.45) is 5.41 Å². The van der Waals surface area contributed by atoms with E-state index in [4.69, 9.17) is 16.3 Å². The van der Waals surface area contributed by atoms with E-state index < -0.39 is 11.2 Å². The zero-order chi connectivity index (χ0) is 12.6. The number of rotatable bonds is 3. The first-order valence-electron chi connectivity index (χ1n) is 5.62. The van der Waals surface area contributed by atoms with Crippen LogP contribution in [-0.4, -0.2) is 11.9 Å². The minimum absolute atomic E-state index is 0.164. The lowest BCUT2D eigenvalue weighted by Crippen LogP contribution is -2.54. The van der Waals surface area contributed by atoms with Gasteiger partial charge < -0.3 is 4.74 Å². The van der Waals surface area contributed by atoms with Crippen molar-refractivity contribution in [3.05, 3.63) is 29.0 Å². The summed E-state index contributed by atoms with van der Waals surface area (Å²) in [5.41, 5.74) is -0.433. The number of carbonyl (C=O) groups is 1. The van der Waals surface area contributed by atoms with E-state index >= 15 is 0 Å². The maximum atomic E-state index is 12.9. The van der Waals surface area contributed by atoms with Crippen LogP contribution < -0.4 is 4.74 Å². The molecule has 1 aliphatic carbocycles. The van der Waals surface area contributed by atoms with Gasteiger partial charge in [-0.3, -0.25) is 4.79 Å². The summed E-state index contributed by atoms with van der Waals surface area (Å²) in [4.78, 5) is 11.6. The summed E-state index contributed by atoms with van der Waals surface area (Å²) < 4.78 is 18.6. The van der Waals surface area contributed by atoms with Crippen LogP contribution in [0, 0.1) is 11.2 Å². The molecule has 0 N–H and O–H groups in total. The highest BCUT2D eigenvalue weighted by Crippen LogP contribution is 2.43. The number of carbonyl (C=O) groups excluding carboxylic acids is 1. The van der Waals surface area contributed by atoms with Gasteiger partial charge in [-0.1, -0.05) is 18.5 Å². The smallest absolute Gasteiger partial charge is 0.146 e. The van der Waals surface area contributed by atoms with Gasteiger partial charge in [-0.25, -0.2) is 4.39 Å². The molecule has 0 saturated heterocycles. The van der Waals surface area contributed by atoms with Gasteiger partial charge in [0, 0.05) is 6.42 Å². The van der Waals surface area contributed by atoms with Gasteiger partial charge in [-0.2, -0.15) is 0 Å². The molecule has 0 heterocycles. The van der Waals surface area contributed by atoms with E-state index in [-0.39, 0.29) is 16.9 Å². The molecule has 0 spiro atoms. The molecule has 0 bridgehead atoms. The summed E-state index contributed by atoms with van der Waals surface area (Å²) in [6, 6.07) is 4.00. The third-order valence-corrected chi connectivity index (χ3v) is 3.91. The highest BCUT2D eigenvalue weighted by molar-refractivity contribution is 6.32. The largest absolute Gasteiger partial charge is 0.487 e. The molecule has 17 heavy (non-hydrogen) atoms. The molecule has 1 aromatic carbocycles. The number of ether oxygens (including phenoxy) is 1. The fraction of sp³-hybridized carbons (Fsp3) is 0.462. The van der Waals surface area contributed by atoms with Gasteiger partial charge in [0.15, 0.2) is 0 Å². The minimum atomic E-state index is -0.433. The first kappa shape index (κ1) is 12.4. The Morgan fingerprint density at radius 3 is 2.82 bits per heavy atom.